The van der Waals surface area contributed by atoms with Crippen LogP contribution < -0.4 is 35.4 Å². The molecule has 0 unspecified atom stereocenters. The van der Waals surface area contributed by atoms with E-state index in [9.17, 15) is 22.8 Å². The average Bonchev–Trinajstić information content (AvgIpc) is 3.78. The molecule has 68 heavy (non-hydrogen) atoms. The second kappa shape index (κ2) is 17.7. The first-order valence-corrected chi connectivity index (χ1v) is 26.0. The molecule has 0 saturated carbocycles. The molecule has 5 aliphatic rings. The van der Waals surface area contributed by atoms with Crippen LogP contribution in [0.1, 0.15) is 97.5 Å². The van der Waals surface area contributed by atoms with Crippen molar-refractivity contribution in [2.45, 2.75) is 76.0 Å². The maximum Gasteiger partial charge on any atom is 0.251 e. The summed E-state index contributed by atoms with van der Waals surface area (Å²) in [6, 6.07) is 26.6. The third-order valence-corrected chi connectivity index (χ3v) is 15.5. The number of aryl methyl sites for hydroxylation is 4. The van der Waals surface area contributed by atoms with Crippen LogP contribution in [0.15, 0.2) is 89.8 Å². The van der Waals surface area contributed by atoms with Crippen molar-refractivity contribution in [3.8, 4) is 28.4 Å². The number of aromatic nitrogens is 2. The van der Waals surface area contributed by atoms with Gasteiger partial charge in [0.1, 0.15) is 24.6 Å². The normalized spacial score (nSPS) is 15.6. The maximum absolute atomic E-state index is 14.0. The van der Waals surface area contributed by atoms with Crippen molar-refractivity contribution in [3.63, 3.8) is 0 Å². The molecule has 346 valence electrons. The summed E-state index contributed by atoms with van der Waals surface area (Å²) in [4.78, 5) is 42.9. The second-order valence-corrected chi connectivity index (χ2v) is 21.0. The van der Waals surface area contributed by atoms with Crippen molar-refractivity contribution in [1.82, 2.24) is 25.0 Å². The molecule has 6 heterocycles. The summed E-state index contributed by atoms with van der Waals surface area (Å²) >= 11 is 0. The number of carbonyl (C=O) groups excluding carboxylic acids is 3. The summed E-state index contributed by atoms with van der Waals surface area (Å²) in [6.07, 6.45) is 10.8. The van der Waals surface area contributed by atoms with Crippen molar-refractivity contribution < 1.29 is 27.5 Å². The monoisotopic (exact) mass is 927 g/mol. The zero-order chi connectivity index (χ0) is 46.7. The lowest BCUT2D eigenvalue weighted by molar-refractivity contribution is -0.121. The highest BCUT2D eigenvalue weighted by Crippen LogP contribution is 2.49. The molecule has 0 bridgehead atoms. The fraction of sp³-hybridized carbons (Fsp3) is 0.327. The van der Waals surface area contributed by atoms with Crippen LogP contribution >= 0.6 is 0 Å². The standard InChI is InChI=1S/C55H54N6O6S/c1-34-11-13-35(14-12-34)48-32-40(58-61(48)41-18-20-42(21-19-41)68(2,65)66)17-22-49(63)56-23-24-57-55(64)38-15-16-39(33-62)45(31-38)50-46-29-36-7-3-25-59-27-5-9-43(51(36)59)53(46)67-54-44-10-6-28-60-26-4-8-37(52(44)60)30-47(50)54/h11-16,18-21,29-33H,3-10,17,22-28H2,1-2H3,(H-,56,57,63,64)/p+1. The molecule has 0 aliphatic carbocycles. The highest BCUT2D eigenvalue weighted by Gasteiger charge is 2.36. The van der Waals surface area contributed by atoms with Crippen LogP contribution in [-0.2, 0) is 46.7 Å². The predicted octanol–water partition coefficient (Wildman–Crippen LogP) is 5.98. The van der Waals surface area contributed by atoms with Crippen LogP contribution in [-0.4, -0.2) is 81.8 Å². The maximum atomic E-state index is 14.0. The van der Waals surface area contributed by atoms with E-state index >= 15 is 0 Å². The van der Waals surface area contributed by atoms with Gasteiger partial charge in [0.05, 0.1) is 27.5 Å². The minimum absolute atomic E-state index is 0.178. The van der Waals surface area contributed by atoms with Gasteiger partial charge in [-0.2, -0.15) is 5.10 Å². The van der Waals surface area contributed by atoms with Gasteiger partial charge in [-0.15, -0.1) is 0 Å². The molecule has 12 nitrogen and oxygen atoms in total. The summed E-state index contributed by atoms with van der Waals surface area (Å²) in [6.45, 7) is 6.65. The summed E-state index contributed by atoms with van der Waals surface area (Å²) in [5.41, 5.74) is 14.4. The van der Waals surface area contributed by atoms with Crippen molar-refractivity contribution in [2.75, 3.05) is 50.4 Å². The molecule has 13 heteroatoms. The van der Waals surface area contributed by atoms with Crippen LogP contribution in [0, 0.1) is 6.92 Å². The first-order valence-electron chi connectivity index (χ1n) is 24.1. The van der Waals surface area contributed by atoms with Crippen LogP contribution in [0.5, 0.6) is 11.5 Å². The quantitative estimate of drug-likeness (QED) is 0.0867. The van der Waals surface area contributed by atoms with Gasteiger partial charge in [-0.05, 0) is 111 Å². The molecule has 2 amide bonds. The Morgan fingerprint density at radius 1 is 0.794 bits per heavy atom. The molecule has 0 fully saturated rings. The molecule has 0 spiro atoms. The van der Waals surface area contributed by atoms with Gasteiger partial charge in [-0.1, -0.05) is 35.9 Å². The molecule has 6 aromatic rings. The minimum atomic E-state index is -3.36. The first-order chi connectivity index (χ1) is 33.0. The number of ether oxygens (including phenoxy) is 1. The number of rotatable bonds is 12. The average molecular weight is 928 g/mol. The summed E-state index contributed by atoms with van der Waals surface area (Å²) in [7, 11) is -3.36. The van der Waals surface area contributed by atoms with E-state index in [-0.39, 0.29) is 36.2 Å². The number of nitrogens with zero attached hydrogens (tertiary/aromatic N) is 4. The third kappa shape index (κ3) is 7.99. The predicted molar refractivity (Wildman–Crippen MR) is 263 cm³/mol. The lowest BCUT2D eigenvalue weighted by atomic mass is 9.81. The van der Waals surface area contributed by atoms with Gasteiger partial charge in [0.15, 0.2) is 16.1 Å². The molecule has 0 radical (unpaired) electrons. The number of nitrogens with one attached hydrogen (secondary N) is 2. The van der Waals surface area contributed by atoms with E-state index in [1.807, 2.05) is 43.3 Å². The summed E-state index contributed by atoms with van der Waals surface area (Å²) < 4.78 is 35.8. The van der Waals surface area contributed by atoms with E-state index < -0.39 is 9.84 Å². The molecule has 1 aromatic heterocycles. The smallest absolute Gasteiger partial charge is 0.251 e. The number of carbonyl (C=O) groups is 3. The SMILES string of the molecule is Cc1ccc(-c2cc(CCC(=O)NCCNC(=O)c3ccc(C=O)c(C4=c5cc6c7c(c5Oc5c4cc4c8c5CCCN8CCC4)CCC[N+]=7CCC6)c3)nn2-c2ccc(S(C)(=O)=O)cc2)cc1. The number of amides is 2. The fourth-order valence-corrected chi connectivity index (χ4v) is 11.8. The second-order valence-electron chi connectivity index (χ2n) is 18.9. The fourth-order valence-electron chi connectivity index (χ4n) is 11.1. The highest BCUT2D eigenvalue weighted by atomic mass is 32.2. The van der Waals surface area contributed by atoms with Crippen molar-refractivity contribution in [1.29, 1.82) is 0 Å². The molecular formula is C55H55N6O6S+. The third-order valence-electron chi connectivity index (χ3n) is 14.4. The zero-order valence-electron chi connectivity index (χ0n) is 38.6. The van der Waals surface area contributed by atoms with Crippen LogP contribution in [0.2, 0.25) is 0 Å². The number of hydrogen-bond donors (Lipinski definition) is 2. The number of benzene rings is 5. The van der Waals surface area contributed by atoms with Gasteiger partial charge in [0, 0.05) is 108 Å². The number of hydrogen-bond acceptors (Lipinski definition) is 8. The van der Waals surface area contributed by atoms with Crippen molar-refractivity contribution in [2.24, 2.45) is 0 Å². The summed E-state index contributed by atoms with van der Waals surface area (Å²) in [5, 5.41) is 13.1. The Hall–Kier alpha value is -6.86. The Balaban J connectivity index is 0.834. The molecule has 5 aliphatic heterocycles. The lowest BCUT2D eigenvalue weighted by Gasteiger charge is -2.39. The Kier molecular flexibility index (Phi) is 11.3. The van der Waals surface area contributed by atoms with Gasteiger partial charge in [-0.3, -0.25) is 14.4 Å². The van der Waals surface area contributed by atoms with Crippen molar-refractivity contribution in [3.05, 3.63) is 151 Å². The van der Waals surface area contributed by atoms with E-state index in [4.69, 9.17) is 9.84 Å². The number of fused-ring (bicyclic) bond motifs is 4. The van der Waals surface area contributed by atoms with Gasteiger partial charge >= 0.3 is 0 Å². The Morgan fingerprint density at radius 2 is 1.53 bits per heavy atom. The zero-order valence-corrected chi connectivity index (χ0v) is 39.4. The molecule has 11 rings (SSSR count). The van der Waals surface area contributed by atoms with Crippen LogP contribution in [0.3, 0.4) is 0 Å². The first kappa shape index (κ1) is 43.7. The van der Waals surface area contributed by atoms with Gasteiger partial charge in [0.2, 0.25) is 11.3 Å². The van der Waals surface area contributed by atoms with E-state index in [0.29, 0.717) is 28.9 Å². The molecule has 5 aromatic carbocycles. The van der Waals surface area contributed by atoms with Crippen LogP contribution in [0.25, 0.3) is 22.5 Å². The number of anilines is 1. The lowest BCUT2D eigenvalue weighted by Crippen LogP contribution is -2.45. The van der Waals surface area contributed by atoms with E-state index in [1.165, 1.54) is 39.6 Å². The largest absolute Gasteiger partial charge is 0.455 e. The Morgan fingerprint density at radius 3 is 2.31 bits per heavy atom. The number of aldehydes is 1. The van der Waals surface area contributed by atoms with Gasteiger partial charge in [-0.25, -0.2) is 17.7 Å². The highest BCUT2D eigenvalue weighted by molar-refractivity contribution is 7.90. The van der Waals surface area contributed by atoms with Crippen molar-refractivity contribution >= 4 is 39.2 Å². The molecule has 0 atom stereocenters. The van der Waals surface area contributed by atoms with E-state index in [1.54, 1.807) is 41.1 Å². The van der Waals surface area contributed by atoms with Crippen LogP contribution in [0.4, 0.5) is 5.69 Å². The Labute approximate surface area is 396 Å². The number of sulfone groups is 1. The molecular weight excluding hydrogens is 873 g/mol. The topological polar surface area (TPSA) is 143 Å². The molecule has 2 N–H and O–H groups in total. The van der Waals surface area contributed by atoms with Gasteiger partial charge in [0.25, 0.3) is 5.91 Å². The summed E-state index contributed by atoms with van der Waals surface area (Å²) in [5.74, 6) is 1.32. The van der Waals surface area contributed by atoms with E-state index in [0.717, 1.165) is 134 Å². The Bertz CT molecular complexity index is 3310. The van der Waals surface area contributed by atoms with Gasteiger partial charge < -0.3 is 20.3 Å². The minimum Gasteiger partial charge on any atom is -0.455 e. The van der Waals surface area contributed by atoms with E-state index in [2.05, 4.69) is 32.2 Å². The molecule has 0 saturated heterocycles.